The molecule has 1 heterocycles. The van der Waals surface area contributed by atoms with Crippen LogP contribution in [0, 0.1) is 6.92 Å². The lowest BCUT2D eigenvalue weighted by Gasteiger charge is -2.11. The predicted octanol–water partition coefficient (Wildman–Crippen LogP) is 2.90. The molecule has 18 heavy (non-hydrogen) atoms. The quantitative estimate of drug-likeness (QED) is 0.893. The number of nitrogens with one attached hydrogen (secondary N) is 1. The van der Waals surface area contributed by atoms with E-state index in [9.17, 15) is 0 Å². The number of rotatable bonds is 4. The van der Waals surface area contributed by atoms with E-state index in [1.165, 1.54) is 0 Å². The molecular weight excluding hydrogens is 250 g/mol. The second-order valence-corrected chi connectivity index (χ2v) is 4.37. The number of benzene rings is 1. The number of aryl methyl sites for hydroxylation is 1. The fraction of sp³-hybridized carbons (Fsp3) is 0.308. The van der Waals surface area contributed by atoms with Crippen LogP contribution < -0.4 is 10.5 Å². The van der Waals surface area contributed by atoms with E-state index in [1.54, 1.807) is 6.33 Å². The zero-order chi connectivity index (χ0) is 13.1. The fourth-order valence-electron chi connectivity index (χ4n) is 1.88. The van der Waals surface area contributed by atoms with Crippen LogP contribution in [-0.4, -0.2) is 16.6 Å². The topological polar surface area (TPSA) is 63.9 Å². The molecule has 1 aromatic carbocycles. The molecule has 96 valence electrons. The molecule has 0 atom stereocenters. The van der Waals surface area contributed by atoms with Crippen molar-refractivity contribution in [1.82, 2.24) is 9.97 Å². The molecule has 5 heteroatoms. The predicted molar refractivity (Wildman–Crippen MR) is 72.8 cm³/mol. The molecule has 1 aromatic heterocycles. The van der Waals surface area contributed by atoms with E-state index in [0.29, 0.717) is 23.9 Å². The number of halogens is 1. The Balaban J connectivity index is 2.49. The van der Waals surface area contributed by atoms with Gasteiger partial charge in [0.2, 0.25) is 0 Å². The third-order valence-electron chi connectivity index (χ3n) is 2.76. The lowest BCUT2D eigenvalue weighted by Crippen LogP contribution is -2.00. The summed E-state index contributed by atoms with van der Waals surface area (Å²) in [5.74, 6) is 0.699. The Labute approximate surface area is 111 Å². The van der Waals surface area contributed by atoms with Crippen molar-refractivity contribution in [1.29, 1.82) is 0 Å². The van der Waals surface area contributed by atoms with Gasteiger partial charge in [-0.1, -0.05) is 11.6 Å². The van der Waals surface area contributed by atoms with Gasteiger partial charge in [0.25, 0.3) is 0 Å². The van der Waals surface area contributed by atoms with E-state index in [0.717, 1.165) is 22.5 Å². The van der Waals surface area contributed by atoms with Crippen LogP contribution in [0.5, 0.6) is 5.75 Å². The van der Waals surface area contributed by atoms with E-state index >= 15 is 0 Å². The SMILES string of the molecule is CCOc1cc(C)c(-c2nc[nH]c2CN)cc1Cl. The van der Waals surface area contributed by atoms with Gasteiger partial charge in [-0.05, 0) is 31.5 Å². The van der Waals surface area contributed by atoms with Crippen molar-refractivity contribution in [3.63, 3.8) is 0 Å². The van der Waals surface area contributed by atoms with Crippen molar-refractivity contribution >= 4 is 11.6 Å². The maximum atomic E-state index is 6.20. The normalized spacial score (nSPS) is 10.7. The summed E-state index contributed by atoms with van der Waals surface area (Å²) >= 11 is 6.20. The van der Waals surface area contributed by atoms with Crippen LogP contribution in [0.2, 0.25) is 5.02 Å². The van der Waals surface area contributed by atoms with Crippen molar-refractivity contribution in [2.75, 3.05) is 6.61 Å². The molecule has 2 aromatic rings. The van der Waals surface area contributed by atoms with Gasteiger partial charge in [0.15, 0.2) is 0 Å². The zero-order valence-corrected chi connectivity index (χ0v) is 11.2. The second kappa shape index (κ2) is 5.42. The van der Waals surface area contributed by atoms with Crippen LogP contribution in [0.3, 0.4) is 0 Å². The maximum Gasteiger partial charge on any atom is 0.138 e. The Hall–Kier alpha value is -1.52. The standard InChI is InChI=1S/C13H16ClN3O/c1-3-18-12-4-8(2)9(5-10(12)14)13-11(6-15)16-7-17-13/h4-5,7H,3,6,15H2,1-2H3,(H,16,17). The van der Waals surface area contributed by atoms with Gasteiger partial charge in [-0.2, -0.15) is 0 Å². The molecule has 0 unspecified atom stereocenters. The highest BCUT2D eigenvalue weighted by Gasteiger charge is 2.13. The molecule has 0 spiro atoms. The van der Waals surface area contributed by atoms with Gasteiger partial charge in [0, 0.05) is 12.1 Å². The number of ether oxygens (including phenoxy) is 1. The minimum atomic E-state index is 0.416. The molecule has 0 aliphatic rings. The van der Waals surface area contributed by atoms with Gasteiger partial charge in [0.05, 0.1) is 29.3 Å². The molecular formula is C13H16ClN3O. The first kappa shape index (κ1) is 12.9. The molecule has 2 rings (SSSR count). The van der Waals surface area contributed by atoms with Gasteiger partial charge in [-0.3, -0.25) is 0 Å². The number of H-pyrrole nitrogens is 1. The van der Waals surface area contributed by atoms with Crippen molar-refractivity contribution < 1.29 is 4.74 Å². The molecule has 0 aliphatic heterocycles. The number of nitrogens with two attached hydrogens (primary N) is 1. The average molecular weight is 266 g/mol. The van der Waals surface area contributed by atoms with Crippen LogP contribution in [0.1, 0.15) is 18.2 Å². The number of hydrogen-bond donors (Lipinski definition) is 2. The lowest BCUT2D eigenvalue weighted by molar-refractivity contribution is 0.340. The molecule has 0 fully saturated rings. The van der Waals surface area contributed by atoms with E-state index in [-0.39, 0.29) is 0 Å². The molecule has 0 bridgehead atoms. The summed E-state index contributed by atoms with van der Waals surface area (Å²) in [6.07, 6.45) is 1.64. The Kier molecular flexibility index (Phi) is 3.89. The minimum absolute atomic E-state index is 0.416. The summed E-state index contributed by atoms with van der Waals surface area (Å²) in [5.41, 5.74) is 9.45. The molecule has 4 nitrogen and oxygen atoms in total. The third-order valence-corrected chi connectivity index (χ3v) is 3.05. The molecule has 0 aliphatic carbocycles. The highest BCUT2D eigenvalue weighted by atomic mass is 35.5. The molecule has 0 saturated carbocycles. The summed E-state index contributed by atoms with van der Waals surface area (Å²) in [6, 6.07) is 3.80. The van der Waals surface area contributed by atoms with E-state index in [1.807, 2.05) is 26.0 Å². The molecule has 3 N–H and O–H groups in total. The number of imidazole rings is 1. The highest BCUT2D eigenvalue weighted by molar-refractivity contribution is 6.32. The van der Waals surface area contributed by atoms with Crippen molar-refractivity contribution in [3.8, 4) is 17.0 Å². The van der Waals surface area contributed by atoms with Crippen LogP contribution in [-0.2, 0) is 6.54 Å². The summed E-state index contributed by atoms with van der Waals surface area (Å²) in [6.45, 7) is 4.94. The van der Waals surface area contributed by atoms with Gasteiger partial charge in [-0.25, -0.2) is 4.98 Å². The maximum absolute atomic E-state index is 6.20. The zero-order valence-electron chi connectivity index (χ0n) is 10.5. The first-order chi connectivity index (χ1) is 8.67. The lowest BCUT2D eigenvalue weighted by atomic mass is 10.0. The van der Waals surface area contributed by atoms with Gasteiger partial charge in [0.1, 0.15) is 5.75 Å². The Morgan fingerprint density at radius 3 is 2.89 bits per heavy atom. The Morgan fingerprint density at radius 1 is 1.44 bits per heavy atom. The average Bonchev–Trinajstić information content (AvgIpc) is 2.81. The van der Waals surface area contributed by atoms with Gasteiger partial charge < -0.3 is 15.5 Å². The Bertz CT molecular complexity index is 551. The summed E-state index contributed by atoms with van der Waals surface area (Å²) in [7, 11) is 0. The monoisotopic (exact) mass is 265 g/mol. The fourth-order valence-corrected chi connectivity index (χ4v) is 2.10. The summed E-state index contributed by atoms with van der Waals surface area (Å²) < 4.78 is 5.46. The van der Waals surface area contributed by atoms with E-state index in [4.69, 9.17) is 22.1 Å². The number of aromatic nitrogens is 2. The third kappa shape index (κ3) is 2.35. The van der Waals surface area contributed by atoms with Crippen molar-refractivity contribution in [3.05, 3.63) is 34.7 Å². The second-order valence-electron chi connectivity index (χ2n) is 3.96. The van der Waals surface area contributed by atoms with Gasteiger partial charge in [-0.15, -0.1) is 0 Å². The minimum Gasteiger partial charge on any atom is -0.492 e. The van der Waals surface area contributed by atoms with Gasteiger partial charge >= 0.3 is 0 Å². The molecule has 0 saturated heterocycles. The first-order valence-electron chi connectivity index (χ1n) is 5.83. The summed E-state index contributed by atoms with van der Waals surface area (Å²) in [4.78, 5) is 7.33. The summed E-state index contributed by atoms with van der Waals surface area (Å²) in [5, 5.41) is 0.587. The number of hydrogen-bond acceptors (Lipinski definition) is 3. The smallest absolute Gasteiger partial charge is 0.138 e. The first-order valence-corrected chi connectivity index (χ1v) is 6.20. The molecule has 0 amide bonds. The van der Waals surface area contributed by atoms with Crippen LogP contribution in [0.25, 0.3) is 11.3 Å². The number of nitrogens with zero attached hydrogens (tertiary/aromatic N) is 1. The van der Waals surface area contributed by atoms with Crippen LogP contribution >= 0.6 is 11.6 Å². The van der Waals surface area contributed by atoms with Crippen molar-refractivity contribution in [2.24, 2.45) is 5.73 Å². The van der Waals surface area contributed by atoms with E-state index < -0.39 is 0 Å². The number of aromatic amines is 1. The Morgan fingerprint density at radius 2 is 2.22 bits per heavy atom. The highest BCUT2D eigenvalue weighted by Crippen LogP contribution is 2.33. The van der Waals surface area contributed by atoms with Crippen LogP contribution in [0.4, 0.5) is 0 Å². The van der Waals surface area contributed by atoms with Crippen LogP contribution in [0.15, 0.2) is 18.5 Å². The molecule has 0 radical (unpaired) electrons. The largest absolute Gasteiger partial charge is 0.492 e. The van der Waals surface area contributed by atoms with E-state index in [2.05, 4.69) is 9.97 Å². The van der Waals surface area contributed by atoms with Crippen molar-refractivity contribution in [2.45, 2.75) is 20.4 Å².